The lowest BCUT2D eigenvalue weighted by Crippen LogP contribution is -2.34. The quantitative estimate of drug-likeness (QED) is 0.819. The van der Waals surface area contributed by atoms with Gasteiger partial charge in [0.1, 0.15) is 0 Å². The zero-order valence-electron chi connectivity index (χ0n) is 16.5. The van der Waals surface area contributed by atoms with Crippen molar-refractivity contribution in [1.29, 1.82) is 0 Å². The van der Waals surface area contributed by atoms with Crippen molar-refractivity contribution in [2.24, 2.45) is 11.8 Å². The smallest absolute Gasteiger partial charge is 0.253 e. The van der Waals surface area contributed by atoms with Gasteiger partial charge in [-0.2, -0.15) is 0 Å². The second-order valence-electron chi connectivity index (χ2n) is 7.99. The lowest BCUT2D eigenvalue weighted by molar-refractivity contribution is -0.116. The van der Waals surface area contributed by atoms with E-state index in [0.29, 0.717) is 28.8 Å². The van der Waals surface area contributed by atoms with Gasteiger partial charge in [0.05, 0.1) is 0 Å². The van der Waals surface area contributed by atoms with E-state index in [2.05, 4.69) is 15.2 Å². The van der Waals surface area contributed by atoms with Crippen LogP contribution in [0.15, 0.2) is 42.7 Å². The minimum absolute atomic E-state index is 0.00327. The fraction of sp³-hybridized carbons (Fsp3) is 0.409. The van der Waals surface area contributed by atoms with Gasteiger partial charge in [-0.3, -0.25) is 14.6 Å². The fourth-order valence-corrected chi connectivity index (χ4v) is 4.45. The molecule has 6 nitrogen and oxygen atoms in total. The maximum absolute atomic E-state index is 12.6. The molecular weight excluding hydrogens is 388 g/mol. The average Bonchev–Trinajstić information content (AvgIpc) is 3.28. The lowest BCUT2D eigenvalue weighted by atomic mass is 10.0. The summed E-state index contributed by atoms with van der Waals surface area (Å²) in [4.78, 5) is 33.2. The third-order valence-corrected chi connectivity index (χ3v) is 6.29. The number of nitrogens with zero attached hydrogens (tertiary/aromatic N) is 3. The van der Waals surface area contributed by atoms with E-state index >= 15 is 0 Å². The first-order valence-electron chi connectivity index (χ1n) is 9.97. The second-order valence-corrected chi connectivity index (χ2v) is 8.40. The van der Waals surface area contributed by atoms with Gasteiger partial charge in [0.25, 0.3) is 5.91 Å². The first kappa shape index (κ1) is 19.9. The molecule has 2 aromatic rings. The summed E-state index contributed by atoms with van der Waals surface area (Å²) in [5, 5.41) is 3.57. The average molecular weight is 413 g/mol. The van der Waals surface area contributed by atoms with Gasteiger partial charge < -0.3 is 15.1 Å². The predicted octanol–water partition coefficient (Wildman–Crippen LogP) is 3.08. The number of hydrogen-bond acceptors (Lipinski definition) is 4. The SMILES string of the molecule is Cc1ccc(NC(=O)CCN2CC3CN(C(=O)c4ccncc4)CC3C2)cc1Cl. The van der Waals surface area contributed by atoms with Crippen LogP contribution >= 0.6 is 11.6 Å². The number of carbonyl (C=O) groups is 2. The van der Waals surface area contributed by atoms with Crippen LogP contribution in [0.5, 0.6) is 0 Å². The molecule has 3 heterocycles. The van der Waals surface area contributed by atoms with Crippen LogP contribution in [0.1, 0.15) is 22.3 Å². The molecule has 1 aromatic heterocycles. The molecule has 2 saturated heterocycles. The number of aromatic nitrogens is 1. The number of pyridine rings is 1. The van der Waals surface area contributed by atoms with E-state index in [1.807, 2.05) is 24.0 Å². The number of rotatable bonds is 5. The Kier molecular flexibility index (Phi) is 5.83. The van der Waals surface area contributed by atoms with Crippen molar-refractivity contribution in [3.05, 3.63) is 58.9 Å². The number of likely N-dealkylation sites (tertiary alicyclic amines) is 2. The molecular formula is C22H25ClN4O2. The van der Waals surface area contributed by atoms with Crippen LogP contribution in [0, 0.1) is 18.8 Å². The Balaban J connectivity index is 1.23. The van der Waals surface area contributed by atoms with Gasteiger partial charge in [0.2, 0.25) is 5.91 Å². The second kappa shape index (κ2) is 8.51. The fourth-order valence-electron chi connectivity index (χ4n) is 4.27. The molecule has 0 aliphatic carbocycles. The van der Waals surface area contributed by atoms with Crippen LogP contribution < -0.4 is 5.32 Å². The number of hydrogen-bond donors (Lipinski definition) is 1. The zero-order chi connectivity index (χ0) is 20.4. The van der Waals surface area contributed by atoms with E-state index in [0.717, 1.165) is 44.0 Å². The van der Waals surface area contributed by atoms with Crippen LogP contribution in [0.2, 0.25) is 5.02 Å². The first-order valence-corrected chi connectivity index (χ1v) is 10.3. The van der Waals surface area contributed by atoms with Crippen molar-refractivity contribution in [2.75, 3.05) is 38.0 Å². The predicted molar refractivity (Wildman–Crippen MR) is 113 cm³/mol. The monoisotopic (exact) mass is 412 g/mol. The highest BCUT2D eigenvalue weighted by molar-refractivity contribution is 6.31. The number of benzene rings is 1. The maximum Gasteiger partial charge on any atom is 0.253 e. The van der Waals surface area contributed by atoms with Crippen LogP contribution in [0.4, 0.5) is 5.69 Å². The Morgan fingerprint density at radius 2 is 1.79 bits per heavy atom. The molecule has 2 aliphatic rings. The van der Waals surface area contributed by atoms with Crippen LogP contribution in [-0.2, 0) is 4.79 Å². The Morgan fingerprint density at radius 1 is 1.10 bits per heavy atom. The molecule has 1 aromatic carbocycles. The summed E-state index contributed by atoms with van der Waals surface area (Å²) in [5.74, 6) is 1.06. The third kappa shape index (κ3) is 4.60. The van der Waals surface area contributed by atoms with Gasteiger partial charge in [-0.25, -0.2) is 0 Å². The molecule has 7 heteroatoms. The van der Waals surface area contributed by atoms with Gasteiger partial charge in [-0.1, -0.05) is 17.7 Å². The Bertz CT molecular complexity index is 891. The standard InChI is InChI=1S/C22H25ClN4O2/c1-15-2-3-19(10-20(15)23)25-21(28)6-9-26-11-17-13-27(14-18(17)12-26)22(29)16-4-7-24-8-5-16/h2-5,7-8,10,17-18H,6,9,11-14H2,1H3,(H,25,28). The van der Waals surface area contributed by atoms with Gasteiger partial charge in [-0.15, -0.1) is 0 Å². The normalized spacial score (nSPS) is 21.2. The maximum atomic E-state index is 12.6. The largest absolute Gasteiger partial charge is 0.338 e. The molecule has 2 aliphatic heterocycles. The number of fused-ring (bicyclic) bond motifs is 1. The molecule has 4 rings (SSSR count). The Morgan fingerprint density at radius 3 is 2.45 bits per heavy atom. The molecule has 0 spiro atoms. The molecule has 0 radical (unpaired) electrons. The van der Waals surface area contributed by atoms with Gasteiger partial charge in [0, 0.05) is 67.8 Å². The summed E-state index contributed by atoms with van der Waals surface area (Å²) in [6.07, 6.45) is 3.76. The number of anilines is 1. The van der Waals surface area contributed by atoms with Gasteiger partial charge in [-0.05, 0) is 48.6 Å². The number of halogens is 1. The van der Waals surface area contributed by atoms with E-state index in [-0.39, 0.29) is 11.8 Å². The minimum Gasteiger partial charge on any atom is -0.338 e. The van der Waals surface area contributed by atoms with Crippen molar-refractivity contribution in [1.82, 2.24) is 14.8 Å². The van der Waals surface area contributed by atoms with Crippen LogP contribution in [0.3, 0.4) is 0 Å². The Labute approximate surface area is 175 Å². The molecule has 0 saturated carbocycles. The van der Waals surface area contributed by atoms with Crippen molar-refractivity contribution in [3.8, 4) is 0 Å². The third-order valence-electron chi connectivity index (χ3n) is 5.89. The summed E-state index contributed by atoms with van der Waals surface area (Å²) in [6, 6.07) is 9.08. The summed E-state index contributed by atoms with van der Waals surface area (Å²) >= 11 is 6.11. The highest BCUT2D eigenvalue weighted by atomic mass is 35.5. The number of aryl methyl sites for hydroxylation is 1. The van der Waals surface area contributed by atoms with E-state index in [1.165, 1.54) is 0 Å². The summed E-state index contributed by atoms with van der Waals surface area (Å²) in [6.45, 7) is 6.12. The summed E-state index contributed by atoms with van der Waals surface area (Å²) in [5.41, 5.74) is 2.42. The molecule has 29 heavy (non-hydrogen) atoms. The Hall–Kier alpha value is -2.44. The van der Waals surface area contributed by atoms with E-state index in [4.69, 9.17) is 11.6 Å². The molecule has 2 atom stereocenters. The zero-order valence-corrected chi connectivity index (χ0v) is 17.2. The van der Waals surface area contributed by atoms with Crippen molar-refractivity contribution < 1.29 is 9.59 Å². The van der Waals surface area contributed by atoms with E-state index in [1.54, 1.807) is 30.6 Å². The minimum atomic E-state index is -0.00327. The summed E-state index contributed by atoms with van der Waals surface area (Å²) in [7, 11) is 0. The highest BCUT2D eigenvalue weighted by Gasteiger charge is 2.41. The first-order chi connectivity index (χ1) is 14.0. The van der Waals surface area contributed by atoms with Crippen molar-refractivity contribution in [3.63, 3.8) is 0 Å². The summed E-state index contributed by atoms with van der Waals surface area (Å²) < 4.78 is 0. The molecule has 2 amide bonds. The highest BCUT2D eigenvalue weighted by Crippen LogP contribution is 2.32. The van der Waals surface area contributed by atoms with Gasteiger partial charge in [0.15, 0.2) is 0 Å². The molecule has 0 bridgehead atoms. The number of carbonyl (C=O) groups excluding carboxylic acids is 2. The molecule has 152 valence electrons. The van der Waals surface area contributed by atoms with E-state index < -0.39 is 0 Å². The topological polar surface area (TPSA) is 65.5 Å². The van der Waals surface area contributed by atoms with E-state index in [9.17, 15) is 9.59 Å². The lowest BCUT2D eigenvalue weighted by Gasteiger charge is -2.21. The molecule has 2 fully saturated rings. The number of amides is 2. The molecule has 2 unspecified atom stereocenters. The van der Waals surface area contributed by atoms with Crippen molar-refractivity contribution >= 4 is 29.1 Å². The van der Waals surface area contributed by atoms with Crippen LogP contribution in [-0.4, -0.2) is 59.3 Å². The molecule has 1 N–H and O–H groups in total. The van der Waals surface area contributed by atoms with Crippen molar-refractivity contribution in [2.45, 2.75) is 13.3 Å². The van der Waals surface area contributed by atoms with Crippen LogP contribution in [0.25, 0.3) is 0 Å². The number of nitrogens with one attached hydrogen (secondary N) is 1. The van der Waals surface area contributed by atoms with Gasteiger partial charge >= 0.3 is 0 Å².